The number of nitrogens with one attached hydrogen (secondary N) is 2. The van der Waals surface area contributed by atoms with Gasteiger partial charge in [0.05, 0.1) is 0 Å². The van der Waals surface area contributed by atoms with Gasteiger partial charge < -0.3 is 10.1 Å². The summed E-state index contributed by atoms with van der Waals surface area (Å²) in [6.07, 6.45) is 0. The van der Waals surface area contributed by atoms with Gasteiger partial charge in [-0.2, -0.15) is 0 Å². The van der Waals surface area contributed by atoms with E-state index in [-0.39, 0.29) is 17.6 Å². The Morgan fingerprint density at radius 1 is 0.917 bits per heavy atom. The molecule has 1 amide bonds. The van der Waals surface area contributed by atoms with Gasteiger partial charge in [0.1, 0.15) is 5.75 Å². The van der Waals surface area contributed by atoms with Crippen LogP contribution in [0.2, 0.25) is 0 Å². The molecule has 3 aromatic rings. The molecule has 3 aromatic carbocycles. The van der Waals surface area contributed by atoms with Gasteiger partial charge in [-0.3, -0.25) is 10.1 Å². The third-order valence-electron chi connectivity index (χ3n) is 3.39. The standard InChI is InChI=1S/C19H16N2O2S/c22-18(21-19(24)20-15-9-2-1-3-10-15)13-23-17-12-6-8-14-7-4-5-11-16(14)17/h1-12H,13H2,(H2,20,21,22,24). The Bertz CT molecular complexity index is 860. The summed E-state index contributed by atoms with van der Waals surface area (Å²) in [4.78, 5) is 12.0. The number of carbonyl (C=O) groups is 1. The molecule has 0 bridgehead atoms. The minimum Gasteiger partial charge on any atom is -0.483 e. The lowest BCUT2D eigenvalue weighted by molar-refractivity contribution is -0.121. The van der Waals surface area contributed by atoms with E-state index in [4.69, 9.17) is 17.0 Å². The third-order valence-corrected chi connectivity index (χ3v) is 3.60. The monoisotopic (exact) mass is 336 g/mol. The van der Waals surface area contributed by atoms with Crippen molar-refractivity contribution in [2.75, 3.05) is 11.9 Å². The molecule has 0 unspecified atom stereocenters. The number of para-hydroxylation sites is 1. The van der Waals surface area contributed by atoms with E-state index in [0.29, 0.717) is 5.75 Å². The van der Waals surface area contributed by atoms with Crippen LogP contribution in [0.3, 0.4) is 0 Å². The predicted molar refractivity (Wildman–Crippen MR) is 100 cm³/mol. The first-order chi connectivity index (χ1) is 11.7. The quantitative estimate of drug-likeness (QED) is 0.713. The second kappa shape index (κ2) is 7.57. The van der Waals surface area contributed by atoms with E-state index in [0.717, 1.165) is 16.5 Å². The Morgan fingerprint density at radius 3 is 2.46 bits per heavy atom. The summed E-state index contributed by atoms with van der Waals surface area (Å²) in [5, 5.41) is 7.83. The largest absolute Gasteiger partial charge is 0.483 e. The molecule has 0 heterocycles. The van der Waals surface area contributed by atoms with Gasteiger partial charge in [-0.25, -0.2) is 0 Å². The fraction of sp³-hybridized carbons (Fsp3) is 0.0526. The lowest BCUT2D eigenvalue weighted by atomic mass is 10.1. The Hall–Kier alpha value is -2.92. The van der Waals surface area contributed by atoms with E-state index in [2.05, 4.69) is 10.6 Å². The average molecular weight is 336 g/mol. The molecular weight excluding hydrogens is 320 g/mol. The van der Waals surface area contributed by atoms with Crippen LogP contribution in [0.15, 0.2) is 72.8 Å². The number of ether oxygens (including phenoxy) is 1. The lowest BCUT2D eigenvalue weighted by Gasteiger charge is -2.11. The van der Waals surface area contributed by atoms with Crippen LogP contribution in [0, 0.1) is 0 Å². The zero-order chi connectivity index (χ0) is 16.8. The molecule has 0 aliphatic carbocycles. The number of hydrogen-bond donors (Lipinski definition) is 2. The molecular formula is C19H16N2O2S. The molecule has 0 radical (unpaired) electrons. The maximum atomic E-state index is 12.0. The molecule has 4 nitrogen and oxygen atoms in total. The van der Waals surface area contributed by atoms with E-state index in [9.17, 15) is 4.79 Å². The van der Waals surface area contributed by atoms with Crippen LogP contribution in [0.5, 0.6) is 5.75 Å². The van der Waals surface area contributed by atoms with Gasteiger partial charge in [-0.1, -0.05) is 54.6 Å². The van der Waals surface area contributed by atoms with Crippen molar-refractivity contribution in [1.29, 1.82) is 0 Å². The summed E-state index contributed by atoms with van der Waals surface area (Å²) < 4.78 is 5.63. The number of fused-ring (bicyclic) bond motifs is 1. The number of carbonyl (C=O) groups excluding carboxylic acids is 1. The number of thiocarbonyl (C=S) groups is 1. The molecule has 24 heavy (non-hydrogen) atoms. The number of amides is 1. The van der Waals surface area contributed by atoms with Crippen LogP contribution in [0.25, 0.3) is 10.8 Å². The van der Waals surface area contributed by atoms with Crippen LogP contribution < -0.4 is 15.4 Å². The summed E-state index contributed by atoms with van der Waals surface area (Å²) in [6, 6.07) is 23.0. The molecule has 0 saturated carbocycles. The summed E-state index contributed by atoms with van der Waals surface area (Å²) in [6.45, 7) is -0.107. The predicted octanol–water partition coefficient (Wildman–Crippen LogP) is 3.73. The third kappa shape index (κ3) is 4.08. The van der Waals surface area contributed by atoms with Crippen molar-refractivity contribution in [3.05, 3.63) is 72.8 Å². The van der Waals surface area contributed by atoms with E-state index in [1.54, 1.807) is 0 Å². The lowest BCUT2D eigenvalue weighted by Crippen LogP contribution is -2.37. The minimum atomic E-state index is -0.309. The molecule has 0 aliphatic heterocycles. The van der Waals surface area contributed by atoms with Crippen LogP contribution in [-0.2, 0) is 4.79 Å². The Morgan fingerprint density at radius 2 is 1.62 bits per heavy atom. The van der Waals surface area contributed by atoms with Crippen molar-refractivity contribution in [3.8, 4) is 5.75 Å². The molecule has 0 saturated heterocycles. The first kappa shape index (κ1) is 16.0. The van der Waals surface area contributed by atoms with Crippen molar-refractivity contribution in [3.63, 3.8) is 0 Å². The molecule has 120 valence electrons. The van der Waals surface area contributed by atoms with E-state index >= 15 is 0 Å². The SMILES string of the molecule is O=C(COc1cccc2ccccc12)NC(=S)Nc1ccccc1. The summed E-state index contributed by atoms with van der Waals surface area (Å²) in [7, 11) is 0. The van der Waals surface area contributed by atoms with Gasteiger partial charge in [0.15, 0.2) is 11.7 Å². The molecule has 0 fully saturated rings. The van der Waals surface area contributed by atoms with Gasteiger partial charge in [0, 0.05) is 11.1 Å². The second-order valence-corrected chi connectivity index (χ2v) is 5.54. The van der Waals surface area contributed by atoms with Crippen LogP contribution >= 0.6 is 12.2 Å². The van der Waals surface area contributed by atoms with E-state index in [1.807, 2.05) is 72.8 Å². The Balaban J connectivity index is 1.56. The smallest absolute Gasteiger partial charge is 0.264 e. The zero-order valence-corrected chi connectivity index (χ0v) is 13.7. The minimum absolute atomic E-state index is 0.107. The van der Waals surface area contributed by atoms with Gasteiger partial charge in [-0.15, -0.1) is 0 Å². The molecule has 0 spiro atoms. The first-order valence-corrected chi connectivity index (χ1v) is 7.89. The van der Waals surface area contributed by atoms with Crippen LogP contribution in [0.4, 0.5) is 5.69 Å². The first-order valence-electron chi connectivity index (χ1n) is 7.49. The van der Waals surface area contributed by atoms with Crippen LogP contribution in [-0.4, -0.2) is 17.6 Å². The maximum Gasteiger partial charge on any atom is 0.264 e. The Kier molecular flexibility index (Phi) is 5.03. The number of rotatable bonds is 4. The van der Waals surface area contributed by atoms with Gasteiger partial charge >= 0.3 is 0 Å². The van der Waals surface area contributed by atoms with Crippen LogP contribution in [0.1, 0.15) is 0 Å². The highest BCUT2D eigenvalue weighted by atomic mass is 32.1. The normalized spacial score (nSPS) is 10.2. The molecule has 5 heteroatoms. The fourth-order valence-electron chi connectivity index (χ4n) is 2.31. The Labute approximate surface area is 145 Å². The highest BCUT2D eigenvalue weighted by Gasteiger charge is 2.07. The van der Waals surface area contributed by atoms with Gasteiger partial charge in [0.2, 0.25) is 0 Å². The van der Waals surface area contributed by atoms with Crippen molar-refractivity contribution < 1.29 is 9.53 Å². The molecule has 3 rings (SSSR count). The van der Waals surface area contributed by atoms with E-state index in [1.165, 1.54) is 0 Å². The maximum absolute atomic E-state index is 12.0. The topological polar surface area (TPSA) is 50.4 Å². The number of benzene rings is 3. The summed E-state index contributed by atoms with van der Waals surface area (Å²) in [5.74, 6) is 0.363. The number of hydrogen-bond acceptors (Lipinski definition) is 3. The van der Waals surface area contributed by atoms with E-state index < -0.39 is 0 Å². The molecule has 0 aliphatic rings. The van der Waals surface area contributed by atoms with Crippen molar-refractivity contribution >= 4 is 39.7 Å². The highest BCUT2D eigenvalue weighted by Crippen LogP contribution is 2.24. The van der Waals surface area contributed by atoms with Gasteiger partial charge in [0.25, 0.3) is 5.91 Å². The number of anilines is 1. The zero-order valence-electron chi connectivity index (χ0n) is 12.9. The van der Waals surface area contributed by atoms with Gasteiger partial charge in [-0.05, 0) is 35.8 Å². The summed E-state index contributed by atoms with van der Waals surface area (Å²) >= 11 is 5.12. The molecule has 0 aromatic heterocycles. The van der Waals surface area contributed by atoms with Crippen molar-refractivity contribution in [2.45, 2.75) is 0 Å². The fourth-order valence-corrected chi connectivity index (χ4v) is 2.54. The summed E-state index contributed by atoms with van der Waals surface area (Å²) in [5.41, 5.74) is 0.817. The van der Waals surface area contributed by atoms with Crippen molar-refractivity contribution in [1.82, 2.24) is 5.32 Å². The van der Waals surface area contributed by atoms with Crippen molar-refractivity contribution in [2.24, 2.45) is 0 Å². The highest BCUT2D eigenvalue weighted by molar-refractivity contribution is 7.80. The average Bonchev–Trinajstić information content (AvgIpc) is 2.60. The second-order valence-electron chi connectivity index (χ2n) is 5.13. The molecule has 0 atom stereocenters. The molecule has 2 N–H and O–H groups in total.